The zero-order valence-corrected chi connectivity index (χ0v) is 20.5. The van der Waals surface area contributed by atoms with E-state index in [1.165, 1.54) is 17.3 Å². The van der Waals surface area contributed by atoms with E-state index >= 15 is 0 Å². The van der Waals surface area contributed by atoms with Crippen molar-refractivity contribution >= 4 is 28.2 Å². The monoisotopic (exact) mass is 492 g/mol. The van der Waals surface area contributed by atoms with Crippen LogP contribution in [0.5, 0.6) is 11.6 Å². The Balaban J connectivity index is 1.44. The Morgan fingerprint density at radius 3 is 2.58 bits per heavy atom. The fourth-order valence-corrected chi connectivity index (χ4v) is 5.12. The Bertz CT molecular complexity index is 1530. The maximum atomic E-state index is 6.60. The van der Waals surface area contributed by atoms with E-state index in [-0.39, 0.29) is 0 Å². The number of ether oxygens (including phenoxy) is 2. The van der Waals surface area contributed by atoms with Crippen molar-refractivity contribution in [1.82, 2.24) is 15.2 Å². The van der Waals surface area contributed by atoms with Gasteiger partial charge in [0.05, 0.1) is 12.2 Å². The molecule has 1 aliphatic heterocycles. The van der Waals surface area contributed by atoms with Crippen LogP contribution in [0.25, 0.3) is 22.0 Å². The molecular formula is C29H24N4O2S. The molecule has 0 aliphatic carbocycles. The standard InChI is InChI=1S/C29H24N4O2S/c1-2-34-24-17-16-20-12-6-7-13-21(20)25(24)27-30-23-15-9-8-14-22(23)26-28(35-27)31-29(33-32-26)36-18-19-10-4-3-5-11-19/h3-17,27,30H,2,18H2,1H3/t27-/m0/s1. The lowest BCUT2D eigenvalue weighted by molar-refractivity contribution is 0.218. The summed E-state index contributed by atoms with van der Waals surface area (Å²) in [6.07, 6.45) is -0.538. The van der Waals surface area contributed by atoms with E-state index in [1.54, 1.807) is 0 Å². The highest BCUT2D eigenvalue weighted by molar-refractivity contribution is 7.98. The maximum Gasteiger partial charge on any atom is 0.247 e. The molecule has 5 aromatic rings. The predicted octanol–water partition coefficient (Wildman–Crippen LogP) is 6.89. The molecule has 36 heavy (non-hydrogen) atoms. The molecule has 0 fully saturated rings. The minimum Gasteiger partial charge on any atom is -0.493 e. The molecule has 0 bridgehead atoms. The molecule has 6 nitrogen and oxygen atoms in total. The van der Waals surface area contributed by atoms with Crippen molar-refractivity contribution in [3.63, 3.8) is 0 Å². The summed E-state index contributed by atoms with van der Waals surface area (Å²) < 4.78 is 12.6. The van der Waals surface area contributed by atoms with Crippen LogP contribution in [0, 0.1) is 0 Å². The summed E-state index contributed by atoms with van der Waals surface area (Å²) in [7, 11) is 0. The van der Waals surface area contributed by atoms with Crippen molar-refractivity contribution in [1.29, 1.82) is 0 Å². The Hall–Kier alpha value is -4.10. The third kappa shape index (κ3) is 4.33. The fraction of sp³-hybridized carbons (Fsp3) is 0.138. The number of rotatable bonds is 6. The third-order valence-corrected chi connectivity index (χ3v) is 6.95. The van der Waals surface area contributed by atoms with Crippen molar-refractivity contribution in [2.45, 2.75) is 24.1 Å². The molecule has 7 heteroatoms. The lowest BCUT2D eigenvalue weighted by atomic mass is 10.0. The molecule has 0 saturated heterocycles. The molecule has 1 N–H and O–H groups in total. The molecule has 1 aliphatic rings. The summed E-state index contributed by atoms with van der Waals surface area (Å²) in [5, 5.41) is 15.3. The van der Waals surface area contributed by atoms with E-state index in [1.807, 2.05) is 67.6 Å². The number of nitrogens with zero attached hydrogens (tertiary/aromatic N) is 3. The van der Waals surface area contributed by atoms with Gasteiger partial charge < -0.3 is 14.8 Å². The zero-order valence-electron chi connectivity index (χ0n) is 19.7. The number of para-hydroxylation sites is 1. The number of hydrogen-bond donors (Lipinski definition) is 1. The van der Waals surface area contributed by atoms with Crippen molar-refractivity contribution in [2.24, 2.45) is 0 Å². The van der Waals surface area contributed by atoms with Crippen LogP contribution in [0.15, 0.2) is 96.2 Å². The second kappa shape index (κ2) is 9.87. The van der Waals surface area contributed by atoms with Gasteiger partial charge in [-0.25, -0.2) is 0 Å². The number of thioether (sulfide) groups is 1. The van der Waals surface area contributed by atoms with Crippen molar-refractivity contribution < 1.29 is 9.47 Å². The lowest BCUT2D eigenvalue weighted by Gasteiger charge is -2.23. The van der Waals surface area contributed by atoms with Gasteiger partial charge in [0.25, 0.3) is 0 Å². The van der Waals surface area contributed by atoms with Gasteiger partial charge in [-0.3, -0.25) is 0 Å². The van der Waals surface area contributed by atoms with Crippen LogP contribution in [-0.2, 0) is 5.75 Å². The Morgan fingerprint density at radius 1 is 0.889 bits per heavy atom. The quantitative estimate of drug-likeness (QED) is 0.259. The van der Waals surface area contributed by atoms with Crippen LogP contribution in [0.2, 0.25) is 0 Å². The molecule has 0 amide bonds. The fourth-order valence-electron chi connectivity index (χ4n) is 4.39. The number of nitrogens with one attached hydrogen (secondary N) is 1. The van der Waals surface area contributed by atoms with Crippen molar-refractivity contribution in [2.75, 3.05) is 11.9 Å². The highest BCUT2D eigenvalue weighted by Crippen LogP contribution is 2.43. The van der Waals surface area contributed by atoms with Crippen molar-refractivity contribution in [3.05, 3.63) is 102 Å². The molecule has 4 aromatic carbocycles. The number of fused-ring (bicyclic) bond motifs is 4. The summed E-state index contributed by atoms with van der Waals surface area (Å²) in [5.41, 5.74) is 4.53. The first-order valence-corrected chi connectivity index (χ1v) is 12.9. The van der Waals surface area contributed by atoms with E-state index < -0.39 is 6.23 Å². The average molecular weight is 493 g/mol. The first kappa shape index (κ1) is 22.4. The predicted molar refractivity (Wildman–Crippen MR) is 143 cm³/mol. The second-order valence-electron chi connectivity index (χ2n) is 8.34. The van der Waals surface area contributed by atoms with Gasteiger partial charge >= 0.3 is 0 Å². The van der Waals surface area contributed by atoms with E-state index in [9.17, 15) is 0 Å². The molecule has 6 rings (SSSR count). The average Bonchev–Trinajstić information content (AvgIpc) is 3.09. The molecular weight excluding hydrogens is 468 g/mol. The summed E-state index contributed by atoms with van der Waals surface area (Å²) in [4.78, 5) is 4.81. The Labute approximate surface area is 213 Å². The molecule has 0 saturated carbocycles. The van der Waals surface area contributed by atoms with Gasteiger partial charge in [0, 0.05) is 17.0 Å². The summed E-state index contributed by atoms with van der Waals surface area (Å²) in [5.74, 6) is 1.96. The zero-order chi connectivity index (χ0) is 24.3. The lowest BCUT2D eigenvalue weighted by Crippen LogP contribution is -2.19. The molecule has 178 valence electrons. The topological polar surface area (TPSA) is 69.2 Å². The maximum absolute atomic E-state index is 6.60. The largest absolute Gasteiger partial charge is 0.493 e. The van der Waals surface area contributed by atoms with Gasteiger partial charge in [-0.15, -0.1) is 10.2 Å². The number of anilines is 1. The molecule has 1 atom stereocenters. The number of aromatic nitrogens is 3. The normalized spacial score (nSPS) is 14.2. The molecule has 1 aromatic heterocycles. The minimum atomic E-state index is -0.538. The van der Waals surface area contributed by atoms with Gasteiger partial charge in [-0.05, 0) is 35.4 Å². The SMILES string of the molecule is CCOc1ccc2ccccc2c1[C@H]1Nc2ccccc2-c2nnc(SCc3ccccc3)nc2O1. The summed E-state index contributed by atoms with van der Waals surface area (Å²) in [6.45, 7) is 2.54. The van der Waals surface area contributed by atoms with Crippen LogP contribution >= 0.6 is 11.8 Å². The molecule has 0 radical (unpaired) electrons. The van der Waals surface area contributed by atoms with E-state index in [4.69, 9.17) is 14.5 Å². The molecule has 2 heterocycles. The van der Waals surface area contributed by atoms with Gasteiger partial charge in [-0.2, -0.15) is 4.98 Å². The van der Waals surface area contributed by atoms with Gasteiger partial charge in [-0.1, -0.05) is 90.6 Å². The highest BCUT2D eigenvalue weighted by atomic mass is 32.2. The first-order valence-electron chi connectivity index (χ1n) is 11.9. The number of benzene rings is 4. The highest BCUT2D eigenvalue weighted by Gasteiger charge is 2.29. The number of hydrogen-bond acceptors (Lipinski definition) is 7. The summed E-state index contributed by atoms with van der Waals surface area (Å²) >= 11 is 1.54. The third-order valence-electron chi connectivity index (χ3n) is 6.04. The van der Waals surface area contributed by atoms with Crippen LogP contribution < -0.4 is 14.8 Å². The van der Waals surface area contributed by atoms with Crippen LogP contribution in [0.4, 0.5) is 5.69 Å². The van der Waals surface area contributed by atoms with Crippen LogP contribution in [0.3, 0.4) is 0 Å². The van der Waals surface area contributed by atoms with E-state index in [0.717, 1.165) is 39.1 Å². The molecule has 0 spiro atoms. The van der Waals surface area contributed by atoms with E-state index in [2.05, 4.69) is 45.8 Å². The minimum absolute atomic E-state index is 0.443. The van der Waals surface area contributed by atoms with Crippen LogP contribution in [0.1, 0.15) is 24.3 Å². The molecule has 0 unspecified atom stereocenters. The van der Waals surface area contributed by atoms with Gasteiger partial charge in [0.2, 0.25) is 17.3 Å². The van der Waals surface area contributed by atoms with Crippen LogP contribution in [-0.4, -0.2) is 21.8 Å². The van der Waals surface area contributed by atoms with Gasteiger partial charge in [0.1, 0.15) is 5.75 Å². The summed E-state index contributed by atoms with van der Waals surface area (Å²) in [6, 6.07) is 30.6. The van der Waals surface area contributed by atoms with Crippen molar-refractivity contribution in [3.8, 4) is 22.9 Å². The first-order chi connectivity index (χ1) is 17.8. The Kier molecular flexibility index (Phi) is 6.13. The van der Waals surface area contributed by atoms with Gasteiger partial charge in [0.15, 0.2) is 5.69 Å². The Morgan fingerprint density at radius 2 is 1.69 bits per heavy atom. The van der Waals surface area contributed by atoms with E-state index in [0.29, 0.717) is 23.3 Å². The smallest absolute Gasteiger partial charge is 0.247 e. The second-order valence-corrected chi connectivity index (χ2v) is 9.28.